The Morgan fingerprint density at radius 2 is 2.00 bits per heavy atom. The van der Waals surface area contributed by atoms with Gasteiger partial charge in [-0.1, -0.05) is 36.4 Å². The van der Waals surface area contributed by atoms with E-state index in [4.69, 9.17) is 5.73 Å². The van der Waals surface area contributed by atoms with Gasteiger partial charge in [-0.05, 0) is 44.0 Å². The second-order valence-corrected chi connectivity index (χ2v) is 4.22. The molecule has 1 rings (SSSR count). The van der Waals surface area contributed by atoms with Crippen LogP contribution >= 0.6 is 0 Å². The highest BCUT2D eigenvalue weighted by Crippen LogP contribution is 2.20. The predicted molar refractivity (Wildman–Crippen MR) is 77.4 cm³/mol. The summed E-state index contributed by atoms with van der Waals surface area (Å²) in [7, 11) is 0. The van der Waals surface area contributed by atoms with E-state index in [-0.39, 0.29) is 0 Å². The number of rotatable bonds is 4. The first-order valence-electron chi connectivity index (χ1n) is 5.66. The van der Waals surface area contributed by atoms with Crippen molar-refractivity contribution in [3.05, 3.63) is 53.4 Å². The second-order valence-electron chi connectivity index (χ2n) is 4.22. The van der Waals surface area contributed by atoms with Crippen LogP contribution < -0.4 is 11.1 Å². The first-order valence-corrected chi connectivity index (χ1v) is 5.66. The minimum Gasteiger partial charge on any atom is -0.386 e. The average molecular weight is 228 g/mol. The van der Waals surface area contributed by atoms with Crippen LogP contribution in [-0.2, 0) is 0 Å². The van der Waals surface area contributed by atoms with Gasteiger partial charge in [0.2, 0.25) is 0 Å². The largest absolute Gasteiger partial charge is 0.386 e. The van der Waals surface area contributed by atoms with Gasteiger partial charge in [-0.2, -0.15) is 0 Å². The molecule has 0 aromatic heterocycles. The molecule has 90 valence electrons. The van der Waals surface area contributed by atoms with Gasteiger partial charge in [0.15, 0.2) is 0 Å². The standard InChI is InChI=1S/C15H20N2/c1-5-6-13-10-15(17-12(4)16)8-7-14(13)9-11(2)3/h5-10,17H,4,16H2,1-3H3/b6-5-. The molecule has 2 heteroatoms. The molecule has 2 nitrogen and oxygen atoms in total. The minimum absolute atomic E-state index is 0.450. The molecule has 0 aliphatic rings. The number of benzene rings is 1. The molecule has 0 saturated heterocycles. The van der Waals surface area contributed by atoms with E-state index in [1.165, 1.54) is 16.7 Å². The Balaban J connectivity index is 3.16. The van der Waals surface area contributed by atoms with Gasteiger partial charge in [0.1, 0.15) is 0 Å². The number of hydrogen-bond acceptors (Lipinski definition) is 2. The highest BCUT2D eigenvalue weighted by molar-refractivity contribution is 5.70. The molecule has 1 aromatic rings. The molecule has 1 aromatic carbocycles. The van der Waals surface area contributed by atoms with Crippen molar-refractivity contribution in [2.45, 2.75) is 20.8 Å². The second kappa shape index (κ2) is 5.94. The zero-order valence-corrected chi connectivity index (χ0v) is 10.7. The Bertz CT molecular complexity index is 464. The van der Waals surface area contributed by atoms with E-state index in [0.717, 1.165) is 5.69 Å². The van der Waals surface area contributed by atoms with Gasteiger partial charge in [-0.25, -0.2) is 0 Å². The van der Waals surface area contributed by atoms with Crippen LogP contribution in [0.3, 0.4) is 0 Å². The van der Waals surface area contributed by atoms with Gasteiger partial charge in [-0.15, -0.1) is 0 Å². The maximum atomic E-state index is 5.53. The highest BCUT2D eigenvalue weighted by Gasteiger charge is 1.99. The maximum Gasteiger partial charge on any atom is 0.0930 e. The Labute approximate surface area is 104 Å². The van der Waals surface area contributed by atoms with Crippen LogP contribution in [0.15, 0.2) is 42.2 Å². The summed E-state index contributed by atoms with van der Waals surface area (Å²) in [5.74, 6) is 0.450. The lowest BCUT2D eigenvalue weighted by Crippen LogP contribution is -2.06. The van der Waals surface area contributed by atoms with Crippen LogP contribution in [0.5, 0.6) is 0 Å². The van der Waals surface area contributed by atoms with Crippen LogP contribution in [-0.4, -0.2) is 0 Å². The fourth-order valence-electron chi connectivity index (χ4n) is 1.60. The number of nitrogens with one attached hydrogen (secondary N) is 1. The summed E-state index contributed by atoms with van der Waals surface area (Å²) in [6.45, 7) is 9.82. The first-order chi connectivity index (χ1) is 8.02. The molecule has 0 spiro atoms. The topological polar surface area (TPSA) is 38.0 Å². The monoisotopic (exact) mass is 228 g/mol. The summed E-state index contributed by atoms with van der Waals surface area (Å²) in [5, 5.41) is 3.01. The van der Waals surface area contributed by atoms with Crippen molar-refractivity contribution in [2.75, 3.05) is 5.32 Å². The number of anilines is 1. The van der Waals surface area contributed by atoms with Crippen LogP contribution in [0, 0.1) is 0 Å². The van der Waals surface area contributed by atoms with Crippen LogP contribution in [0.1, 0.15) is 31.9 Å². The molecule has 0 aliphatic heterocycles. The quantitative estimate of drug-likeness (QED) is 0.818. The zero-order chi connectivity index (χ0) is 12.8. The van der Waals surface area contributed by atoms with E-state index in [9.17, 15) is 0 Å². The number of allylic oxidation sites excluding steroid dienone is 2. The molecule has 17 heavy (non-hydrogen) atoms. The van der Waals surface area contributed by atoms with Crippen molar-refractivity contribution >= 4 is 17.8 Å². The Kier molecular flexibility index (Phi) is 4.58. The molecule has 0 fully saturated rings. The SMILES string of the molecule is C=C(N)Nc1ccc(C=C(C)C)c(/C=C\C)c1. The van der Waals surface area contributed by atoms with Gasteiger partial charge < -0.3 is 11.1 Å². The molecule has 0 bridgehead atoms. The Hall–Kier alpha value is -1.96. The Morgan fingerprint density at radius 3 is 2.53 bits per heavy atom. The summed E-state index contributed by atoms with van der Waals surface area (Å²) in [4.78, 5) is 0. The number of hydrogen-bond donors (Lipinski definition) is 2. The predicted octanol–water partition coefficient (Wildman–Crippen LogP) is 3.98. The molecule has 0 unspecified atom stereocenters. The van der Waals surface area contributed by atoms with Gasteiger partial charge in [0.05, 0.1) is 5.82 Å². The summed E-state index contributed by atoms with van der Waals surface area (Å²) < 4.78 is 0. The van der Waals surface area contributed by atoms with E-state index in [0.29, 0.717) is 5.82 Å². The summed E-state index contributed by atoms with van der Waals surface area (Å²) in [6, 6.07) is 6.14. The van der Waals surface area contributed by atoms with E-state index in [2.05, 4.69) is 50.0 Å². The van der Waals surface area contributed by atoms with E-state index < -0.39 is 0 Å². The molecule has 0 saturated carbocycles. The highest BCUT2D eigenvalue weighted by atomic mass is 15.0. The molecular weight excluding hydrogens is 208 g/mol. The van der Waals surface area contributed by atoms with Crippen molar-refractivity contribution < 1.29 is 0 Å². The zero-order valence-electron chi connectivity index (χ0n) is 10.7. The van der Waals surface area contributed by atoms with Gasteiger partial charge in [-0.3, -0.25) is 0 Å². The van der Waals surface area contributed by atoms with Crippen LogP contribution in [0.25, 0.3) is 12.2 Å². The van der Waals surface area contributed by atoms with Crippen molar-refractivity contribution in [3.8, 4) is 0 Å². The molecule has 0 amide bonds. The molecule has 0 heterocycles. The lowest BCUT2D eigenvalue weighted by molar-refractivity contribution is 1.33. The van der Waals surface area contributed by atoms with Gasteiger partial charge >= 0.3 is 0 Å². The van der Waals surface area contributed by atoms with Gasteiger partial charge in [0, 0.05) is 5.69 Å². The summed E-state index contributed by atoms with van der Waals surface area (Å²) in [6.07, 6.45) is 6.27. The fraction of sp³-hybridized carbons (Fsp3) is 0.200. The Morgan fingerprint density at radius 1 is 1.29 bits per heavy atom. The normalized spacial score (nSPS) is 10.3. The third kappa shape index (κ3) is 4.19. The summed E-state index contributed by atoms with van der Waals surface area (Å²) >= 11 is 0. The van der Waals surface area contributed by atoms with E-state index in [1.807, 2.05) is 19.1 Å². The third-order valence-electron chi connectivity index (χ3n) is 2.18. The molecule has 0 radical (unpaired) electrons. The number of nitrogens with two attached hydrogens (primary N) is 1. The van der Waals surface area contributed by atoms with Crippen molar-refractivity contribution in [2.24, 2.45) is 5.73 Å². The average Bonchev–Trinajstić information content (AvgIpc) is 2.21. The first kappa shape index (κ1) is 13.1. The van der Waals surface area contributed by atoms with Gasteiger partial charge in [0.25, 0.3) is 0 Å². The van der Waals surface area contributed by atoms with Crippen LogP contribution in [0.2, 0.25) is 0 Å². The third-order valence-corrected chi connectivity index (χ3v) is 2.18. The summed E-state index contributed by atoms with van der Waals surface area (Å²) in [5.41, 5.74) is 10.1. The lowest BCUT2D eigenvalue weighted by atomic mass is 10.0. The minimum atomic E-state index is 0.450. The van der Waals surface area contributed by atoms with Crippen molar-refractivity contribution in [1.82, 2.24) is 0 Å². The van der Waals surface area contributed by atoms with E-state index in [1.54, 1.807) is 0 Å². The smallest absolute Gasteiger partial charge is 0.0930 e. The molecular formula is C15H20N2. The van der Waals surface area contributed by atoms with Crippen molar-refractivity contribution in [3.63, 3.8) is 0 Å². The lowest BCUT2D eigenvalue weighted by Gasteiger charge is -2.09. The van der Waals surface area contributed by atoms with Crippen molar-refractivity contribution in [1.29, 1.82) is 0 Å². The van der Waals surface area contributed by atoms with E-state index >= 15 is 0 Å². The molecule has 0 aliphatic carbocycles. The molecule has 3 N–H and O–H groups in total. The van der Waals surface area contributed by atoms with Crippen LogP contribution in [0.4, 0.5) is 5.69 Å². The maximum absolute atomic E-state index is 5.53. The fourth-order valence-corrected chi connectivity index (χ4v) is 1.60. The molecule has 0 atom stereocenters.